The summed E-state index contributed by atoms with van der Waals surface area (Å²) >= 11 is 3.45. The Morgan fingerprint density at radius 3 is 2.81 bits per heavy atom. The van der Waals surface area contributed by atoms with Crippen molar-refractivity contribution in [2.75, 3.05) is 13.7 Å². The second-order valence-electron chi connectivity index (χ2n) is 5.33. The van der Waals surface area contributed by atoms with Gasteiger partial charge < -0.3 is 20.3 Å². The molecular formula is C15H20BrNO4. The minimum atomic E-state index is -0.844. The van der Waals surface area contributed by atoms with Crippen molar-refractivity contribution in [2.24, 2.45) is 11.7 Å². The molecule has 5 nitrogen and oxygen atoms in total. The van der Waals surface area contributed by atoms with E-state index in [2.05, 4.69) is 15.9 Å². The molecule has 1 aliphatic rings. The average molecular weight is 358 g/mol. The van der Waals surface area contributed by atoms with Crippen LogP contribution < -0.4 is 15.2 Å². The predicted molar refractivity (Wildman–Crippen MR) is 82.7 cm³/mol. The lowest BCUT2D eigenvalue weighted by molar-refractivity contribution is -0.137. The Morgan fingerprint density at radius 1 is 1.52 bits per heavy atom. The Morgan fingerprint density at radius 2 is 2.24 bits per heavy atom. The lowest BCUT2D eigenvalue weighted by Crippen LogP contribution is -2.13. The number of nitrogens with two attached hydrogens (primary N) is 1. The minimum Gasteiger partial charge on any atom is -0.492 e. The van der Waals surface area contributed by atoms with E-state index in [1.54, 1.807) is 7.11 Å². The van der Waals surface area contributed by atoms with Crippen molar-refractivity contribution in [3.63, 3.8) is 0 Å². The first-order valence-corrected chi connectivity index (χ1v) is 7.78. The Kier molecular flexibility index (Phi) is 5.47. The van der Waals surface area contributed by atoms with Crippen LogP contribution in [0.5, 0.6) is 11.5 Å². The van der Waals surface area contributed by atoms with Crippen LogP contribution in [0, 0.1) is 5.92 Å². The van der Waals surface area contributed by atoms with E-state index < -0.39 is 5.97 Å². The highest BCUT2D eigenvalue weighted by atomic mass is 79.9. The van der Waals surface area contributed by atoms with Gasteiger partial charge in [-0.15, -0.1) is 0 Å². The van der Waals surface area contributed by atoms with Crippen LogP contribution in [-0.4, -0.2) is 24.8 Å². The second kappa shape index (κ2) is 7.13. The number of methoxy groups -OCH3 is 1. The summed E-state index contributed by atoms with van der Waals surface area (Å²) in [6.07, 6.45) is 2.85. The first-order valence-electron chi connectivity index (χ1n) is 6.99. The third-order valence-corrected chi connectivity index (χ3v) is 4.09. The second-order valence-corrected chi connectivity index (χ2v) is 6.18. The Labute approximate surface area is 132 Å². The van der Waals surface area contributed by atoms with Crippen molar-refractivity contribution >= 4 is 21.9 Å². The van der Waals surface area contributed by atoms with Crippen LogP contribution in [0.2, 0.25) is 0 Å². The molecule has 1 fully saturated rings. The zero-order chi connectivity index (χ0) is 15.4. The lowest BCUT2D eigenvalue weighted by Gasteiger charge is -2.17. The fraction of sp³-hybridized carbons (Fsp3) is 0.533. The van der Waals surface area contributed by atoms with Crippen molar-refractivity contribution in [2.45, 2.75) is 31.7 Å². The van der Waals surface area contributed by atoms with Crippen molar-refractivity contribution in [1.82, 2.24) is 0 Å². The van der Waals surface area contributed by atoms with E-state index >= 15 is 0 Å². The SMILES string of the molecule is COc1c(Br)cc(C(N)CCC(=O)O)cc1OCC1CC1. The Hall–Kier alpha value is -1.27. The molecule has 21 heavy (non-hydrogen) atoms. The van der Waals surface area contributed by atoms with Crippen LogP contribution in [0.4, 0.5) is 0 Å². The monoisotopic (exact) mass is 357 g/mol. The molecule has 0 amide bonds. The van der Waals surface area contributed by atoms with E-state index in [9.17, 15) is 4.79 Å². The van der Waals surface area contributed by atoms with Gasteiger partial charge in [-0.1, -0.05) is 0 Å². The highest BCUT2D eigenvalue weighted by molar-refractivity contribution is 9.10. The molecule has 1 atom stereocenters. The van der Waals surface area contributed by atoms with Gasteiger partial charge in [0, 0.05) is 12.5 Å². The van der Waals surface area contributed by atoms with E-state index in [4.69, 9.17) is 20.3 Å². The van der Waals surface area contributed by atoms with Gasteiger partial charge >= 0.3 is 5.97 Å². The maximum atomic E-state index is 10.6. The molecule has 1 saturated carbocycles. The van der Waals surface area contributed by atoms with E-state index in [1.807, 2.05) is 12.1 Å². The third-order valence-electron chi connectivity index (χ3n) is 3.50. The summed E-state index contributed by atoms with van der Waals surface area (Å²) in [6, 6.07) is 3.36. The van der Waals surface area contributed by atoms with Gasteiger partial charge in [0.15, 0.2) is 11.5 Å². The molecule has 0 heterocycles. The highest BCUT2D eigenvalue weighted by Crippen LogP contribution is 2.39. The van der Waals surface area contributed by atoms with Gasteiger partial charge in [-0.25, -0.2) is 0 Å². The number of carboxylic acid groups (broad SMARTS) is 1. The van der Waals surface area contributed by atoms with Gasteiger partial charge in [0.1, 0.15) is 0 Å². The summed E-state index contributed by atoms with van der Waals surface area (Å²) in [5, 5.41) is 8.74. The zero-order valence-electron chi connectivity index (χ0n) is 12.0. The van der Waals surface area contributed by atoms with Gasteiger partial charge in [0.25, 0.3) is 0 Å². The van der Waals surface area contributed by atoms with Crippen molar-refractivity contribution in [3.8, 4) is 11.5 Å². The average Bonchev–Trinajstić information content (AvgIpc) is 3.26. The number of hydrogen-bond acceptors (Lipinski definition) is 4. The zero-order valence-corrected chi connectivity index (χ0v) is 13.6. The van der Waals surface area contributed by atoms with E-state index in [-0.39, 0.29) is 12.5 Å². The fourth-order valence-corrected chi connectivity index (χ4v) is 2.67. The number of aliphatic carboxylic acids is 1. The van der Waals surface area contributed by atoms with Crippen LogP contribution >= 0.6 is 15.9 Å². The van der Waals surface area contributed by atoms with Crippen molar-refractivity contribution < 1.29 is 19.4 Å². The smallest absolute Gasteiger partial charge is 0.303 e. The predicted octanol–water partition coefficient (Wildman–Crippen LogP) is 3.11. The first-order chi connectivity index (χ1) is 10.0. The number of halogens is 1. The number of rotatable bonds is 8. The van der Waals surface area contributed by atoms with Gasteiger partial charge in [-0.3, -0.25) is 4.79 Å². The minimum absolute atomic E-state index is 0.0447. The lowest BCUT2D eigenvalue weighted by atomic mass is 10.0. The summed E-state index contributed by atoms with van der Waals surface area (Å²) < 4.78 is 11.9. The molecule has 0 radical (unpaired) electrons. The number of carboxylic acids is 1. The number of carbonyl (C=O) groups is 1. The van der Waals surface area contributed by atoms with Crippen molar-refractivity contribution in [3.05, 3.63) is 22.2 Å². The molecule has 0 aliphatic heterocycles. The molecule has 1 aromatic carbocycles. The molecule has 1 unspecified atom stereocenters. The van der Waals surface area contributed by atoms with Crippen LogP contribution in [0.25, 0.3) is 0 Å². The Balaban J connectivity index is 2.14. The molecule has 6 heteroatoms. The summed E-state index contributed by atoms with van der Waals surface area (Å²) in [5.41, 5.74) is 6.90. The molecule has 2 rings (SSSR count). The van der Waals surface area contributed by atoms with Crippen molar-refractivity contribution in [1.29, 1.82) is 0 Å². The molecule has 0 saturated heterocycles. The molecule has 0 bridgehead atoms. The molecule has 1 aromatic rings. The molecule has 0 spiro atoms. The van der Waals surface area contributed by atoms with Crippen LogP contribution in [0.3, 0.4) is 0 Å². The van der Waals surface area contributed by atoms with E-state index in [0.717, 1.165) is 10.0 Å². The summed E-state index contributed by atoms with van der Waals surface area (Å²) in [6.45, 7) is 0.677. The number of hydrogen-bond donors (Lipinski definition) is 2. The molecule has 0 aromatic heterocycles. The fourth-order valence-electron chi connectivity index (χ4n) is 2.05. The topological polar surface area (TPSA) is 81.8 Å². The van der Waals surface area contributed by atoms with Gasteiger partial charge in [0.2, 0.25) is 0 Å². The van der Waals surface area contributed by atoms with Crippen LogP contribution in [0.1, 0.15) is 37.3 Å². The summed E-state index contributed by atoms with van der Waals surface area (Å²) in [5.74, 6) is 1.09. The third kappa shape index (κ3) is 4.61. The van der Waals surface area contributed by atoms with Gasteiger partial charge in [-0.2, -0.15) is 0 Å². The molecule has 3 N–H and O–H groups in total. The van der Waals surface area contributed by atoms with Crippen LogP contribution in [0.15, 0.2) is 16.6 Å². The summed E-state index contributed by atoms with van der Waals surface area (Å²) in [7, 11) is 1.59. The first kappa shape index (κ1) is 16.1. The largest absolute Gasteiger partial charge is 0.492 e. The maximum absolute atomic E-state index is 10.6. The van der Waals surface area contributed by atoms with E-state index in [0.29, 0.717) is 30.4 Å². The van der Waals surface area contributed by atoms with E-state index in [1.165, 1.54) is 12.8 Å². The summed E-state index contributed by atoms with van der Waals surface area (Å²) in [4.78, 5) is 10.6. The van der Waals surface area contributed by atoms with Gasteiger partial charge in [-0.05, 0) is 58.8 Å². The molecule has 116 valence electrons. The Bertz CT molecular complexity index is 517. The number of ether oxygens (including phenoxy) is 2. The molecular weight excluding hydrogens is 338 g/mol. The standard InChI is InChI=1S/C15H20BrNO4/c1-20-15-11(16)6-10(12(17)4-5-14(18)19)7-13(15)21-8-9-2-3-9/h6-7,9,12H,2-5,8,17H2,1H3,(H,18,19). The number of benzene rings is 1. The molecule has 1 aliphatic carbocycles. The van der Waals surface area contributed by atoms with Crippen LogP contribution in [-0.2, 0) is 4.79 Å². The quantitative estimate of drug-likeness (QED) is 0.746. The normalized spacial score (nSPS) is 15.6. The highest BCUT2D eigenvalue weighted by Gasteiger charge is 2.23. The van der Waals surface area contributed by atoms with Gasteiger partial charge in [0.05, 0.1) is 18.2 Å². The maximum Gasteiger partial charge on any atom is 0.303 e.